The maximum absolute atomic E-state index is 5.91. The molecule has 0 amide bonds. The molecule has 1 aliphatic rings. The van der Waals surface area contributed by atoms with Crippen LogP contribution in [-0.4, -0.2) is 30.3 Å². The van der Waals surface area contributed by atoms with Gasteiger partial charge >= 0.3 is 0 Å². The smallest absolute Gasteiger partial charge is 0.0735 e. The molecule has 3 unspecified atom stereocenters. The number of aromatic nitrogens is 1. The van der Waals surface area contributed by atoms with Gasteiger partial charge < -0.3 is 10.1 Å². The molecule has 88 valence electrons. The summed E-state index contributed by atoms with van der Waals surface area (Å²) < 4.78 is 5.91. The van der Waals surface area contributed by atoms with Crippen LogP contribution >= 0.6 is 0 Å². The molecule has 1 fully saturated rings. The van der Waals surface area contributed by atoms with Crippen molar-refractivity contribution in [1.82, 2.24) is 10.3 Å². The average Bonchev–Trinajstić information content (AvgIpc) is 2.74. The number of likely N-dealkylation sites (N-methyl/N-ethyl adjacent to an activating group) is 1. The van der Waals surface area contributed by atoms with Gasteiger partial charge in [-0.05, 0) is 50.9 Å². The lowest BCUT2D eigenvalue weighted by molar-refractivity contribution is 0.0337. The van der Waals surface area contributed by atoms with Crippen molar-refractivity contribution in [2.45, 2.75) is 44.4 Å². The zero-order valence-corrected chi connectivity index (χ0v) is 10.0. The molecule has 16 heavy (non-hydrogen) atoms. The molecule has 3 nitrogen and oxygen atoms in total. The molecule has 1 N–H and O–H groups in total. The maximum Gasteiger partial charge on any atom is 0.0735 e. The molecule has 2 heterocycles. The van der Waals surface area contributed by atoms with Gasteiger partial charge in [0.1, 0.15) is 0 Å². The standard InChI is InChI=1S/C13H20N2O/c1-10-3-4-13(16-10)12(14-2)9-11-5-7-15-8-6-11/h5-8,10,12-14H,3-4,9H2,1-2H3. The zero-order valence-electron chi connectivity index (χ0n) is 10.0. The SMILES string of the molecule is CNC(Cc1ccncc1)C1CCC(C)O1. The second kappa shape index (κ2) is 5.41. The minimum Gasteiger partial charge on any atom is -0.374 e. The van der Waals surface area contributed by atoms with Gasteiger partial charge in [0.15, 0.2) is 0 Å². The largest absolute Gasteiger partial charge is 0.374 e. The molecule has 0 saturated carbocycles. The number of rotatable bonds is 4. The summed E-state index contributed by atoms with van der Waals surface area (Å²) in [7, 11) is 2.01. The summed E-state index contributed by atoms with van der Waals surface area (Å²) in [4.78, 5) is 4.04. The first-order chi connectivity index (χ1) is 7.79. The second-order valence-corrected chi connectivity index (χ2v) is 4.52. The summed E-state index contributed by atoms with van der Waals surface area (Å²) in [6.07, 6.45) is 7.82. The minimum absolute atomic E-state index is 0.355. The molecule has 0 aromatic carbocycles. The van der Waals surface area contributed by atoms with Gasteiger partial charge in [-0.2, -0.15) is 0 Å². The quantitative estimate of drug-likeness (QED) is 0.840. The van der Waals surface area contributed by atoms with Gasteiger partial charge in [0.25, 0.3) is 0 Å². The predicted molar refractivity (Wildman–Crippen MR) is 64.4 cm³/mol. The predicted octanol–water partition coefficient (Wildman–Crippen LogP) is 1.78. The molecular formula is C13H20N2O. The van der Waals surface area contributed by atoms with Crippen molar-refractivity contribution in [3.8, 4) is 0 Å². The van der Waals surface area contributed by atoms with Crippen LogP contribution < -0.4 is 5.32 Å². The topological polar surface area (TPSA) is 34.2 Å². The Hall–Kier alpha value is -0.930. The van der Waals surface area contributed by atoms with E-state index in [0.29, 0.717) is 18.2 Å². The van der Waals surface area contributed by atoms with Crippen molar-refractivity contribution in [2.24, 2.45) is 0 Å². The summed E-state index contributed by atoms with van der Waals surface area (Å²) >= 11 is 0. The van der Waals surface area contributed by atoms with E-state index in [-0.39, 0.29) is 0 Å². The van der Waals surface area contributed by atoms with E-state index in [1.807, 2.05) is 19.4 Å². The highest BCUT2D eigenvalue weighted by Crippen LogP contribution is 2.23. The molecule has 1 aliphatic heterocycles. The van der Waals surface area contributed by atoms with Crippen LogP contribution in [0.3, 0.4) is 0 Å². The molecule has 3 heteroatoms. The van der Waals surface area contributed by atoms with E-state index in [1.165, 1.54) is 12.0 Å². The summed E-state index contributed by atoms with van der Waals surface area (Å²) in [5, 5.41) is 3.37. The highest BCUT2D eigenvalue weighted by Gasteiger charge is 2.28. The Labute approximate surface area is 97.2 Å². The van der Waals surface area contributed by atoms with Gasteiger partial charge in [0.05, 0.1) is 12.2 Å². The lowest BCUT2D eigenvalue weighted by Crippen LogP contribution is -2.39. The summed E-state index contributed by atoms with van der Waals surface area (Å²) in [6.45, 7) is 2.15. The van der Waals surface area contributed by atoms with E-state index in [9.17, 15) is 0 Å². The van der Waals surface area contributed by atoms with E-state index >= 15 is 0 Å². The van der Waals surface area contributed by atoms with Crippen LogP contribution in [0, 0.1) is 0 Å². The van der Waals surface area contributed by atoms with E-state index < -0.39 is 0 Å². The van der Waals surface area contributed by atoms with Crippen molar-refractivity contribution < 1.29 is 4.74 Å². The van der Waals surface area contributed by atoms with Crippen LogP contribution in [0.25, 0.3) is 0 Å². The summed E-state index contributed by atoms with van der Waals surface area (Å²) in [5.41, 5.74) is 1.32. The number of pyridine rings is 1. The Morgan fingerprint density at radius 2 is 2.19 bits per heavy atom. The first kappa shape index (κ1) is 11.6. The van der Waals surface area contributed by atoms with E-state index in [4.69, 9.17) is 4.74 Å². The lowest BCUT2D eigenvalue weighted by atomic mass is 10.0. The lowest BCUT2D eigenvalue weighted by Gasteiger charge is -2.23. The minimum atomic E-state index is 0.355. The van der Waals surface area contributed by atoms with Gasteiger partial charge in [0, 0.05) is 18.4 Å². The molecule has 0 aliphatic carbocycles. The van der Waals surface area contributed by atoms with Crippen LogP contribution in [0.5, 0.6) is 0 Å². The molecule has 1 saturated heterocycles. The third kappa shape index (κ3) is 2.80. The third-order valence-electron chi connectivity index (χ3n) is 3.29. The Bertz CT molecular complexity index is 315. The Morgan fingerprint density at radius 3 is 2.75 bits per heavy atom. The van der Waals surface area contributed by atoms with Crippen LogP contribution in [0.2, 0.25) is 0 Å². The molecule has 1 aromatic heterocycles. The highest BCUT2D eigenvalue weighted by molar-refractivity contribution is 5.12. The fraction of sp³-hybridized carbons (Fsp3) is 0.615. The summed E-state index contributed by atoms with van der Waals surface area (Å²) in [5.74, 6) is 0. The van der Waals surface area contributed by atoms with Gasteiger partial charge in [0.2, 0.25) is 0 Å². The van der Waals surface area contributed by atoms with Crippen molar-refractivity contribution in [3.05, 3.63) is 30.1 Å². The third-order valence-corrected chi connectivity index (χ3v) is 3.29. The monoisotopic (exact) mass is 220 g/mol. The fourth-order valence-electron chi connectivity index (χ4n) is 2.32. The summed E-state index contributed by atoms with van der Waals surface area (Å²) in [6, 6.07) is 4.55. The highest BCUT2D eigenvalue weighted by atomic mass is 16.5. The fourth-order valence-corrected chi connectivity index (χ4v) is 2.32. The van der Waals surface area contributed by atoms with Gasteiger partial charge in [-0.15, -0.1) is 0 Å². The number of nitrogens with zero attached hydrogens (tertiary/aromatic N) is 1. The Kier molecular flexibility index (Phi) is 3.91. The Balaban J connectivity index is 1.96. The first-order valence-electron chi connectivity index (χ1n) is 6.01. The van der Waals surface area contributed by atoms with Gasteiger partial charge in [-0.25, -0.2) is 0 Å². The van der Waals surface area contributed by atoms with Crippen LogP contribution in [0.4, 0.5) is 0 Å². The van der Waals surface area contributed by atoms with Crippen molar-refractivity contribution in [2.75, 3.05) is 7.05 Å². The average molecular weight is 220 g/mol. The van der Waals surface area contributed by atoms with Crippen LogP contribution in [-0.2, 0) is 11.2 Å². The van der Waals surface area contributed by atoms with Crippen molar-refractivity contribution >= 4 is 0 Å². The zero-order chi connectivity index (χ0) is 11.4. The number of ether oxygens (including phenoxy) is 1. The van der Waals surface area contributed by atoms with Gasteiger partial charge in [-0.1, -0.05) is 0 Å². The second-order valence-electron chi connectivity index (χ2n) is 4.52. The molecule has 0 bridgehead atoms. The molecule has 3 atom stereocenters. The Morgan fingerprint density at radius 1 is 1.44 bits per heavy atom. The van der Waals surface area contributed by atoms with E-state index in [0.717, 1.165) is 12.8 Å². The molecule has 0 spiro atoms. The number of nitrogens with one attached hydrogen (secondary N) is 1. The maximum atomic E-state index is 5.91. The number of hydrogen-bond acceptors (Lipinski definition) is 3. The van der Waals surface area contributed by atoms with Crippen molar-refractivity contribution in [1.29, 1.82) is 0 Å². The molecule has 1 aromatic rings. The van der Waals surface area contributed by atoms with Gasteiger partial charge in [-0.3, -0.25) is 4.98 Å². The normalized spacial score (nSPS) is 26.9. The van der Waals surface area contributed by atoms with Crippen LogP contribution in [0.1, 0.15) is 25.3 Å². The van der Waals surface area contributed by atoms with E-state index in [1.54, 1.807) is 0 Å². The molecule has 0 radical (unpaired) electrons. The van der Waals surface area contributed by atoms with Crippen molar-refractivity contribution in [3.63, 3.8) is 0 Å². The molecular weight excluding hydrogens is 200 g/mol. The first-order valence-corrected chi connectivity index (χ1v) is 6.01. The molecule has 2 rings (SSSR count). The van der Waals surface area contributed by atoms with Crippen LogP contribution in [0.15, 0.2) is 24.5 Å². The number of hydrogen-bond donors (Lipinski definition) is 1. The van der Waals surface area contributed by atoms with E-state index in [2.05, 4.69) is 29.4 Å².